The van der Waals surface area contributed by atoms with E-state index in [0.717, 1.165) is 24.2 Å². The van der Waals surface area contributed by atoms with Crippen molar-refractivity contribution in [1.82, 2.24) is 14.9 Å². The second kappa shape index (κ2) is 6.88. The first-order chi connectivity index (χ1) is 11.1. The molecule has 3 nitrogen and oxygen atoms in total. The lowest BCUT2D eigenvalue weighted by Gasteiger charge is -2.24. The number of rotatable bonds is 5. The Kier molecular flexibility index (Phi) is 4.68. The molecule has 0 saturated carbocycles. The highest BCUT2D eigenvalue weighted by molar-refractivity contribution is 5.78. The molecule has 0 bridgehead atoms. The molecule has 1 aromatic carbocycles. The fraction of sp³-hybridized carbons (Fsp3) is 0.300. The molecule has 1 atom stereocenters. The number of benzene rings is 1. The lowest BCUT2D eigenvalue weighted by Crippen LogP contribution is -2.30. The number of aryl methyl sites for hydroxylation is 1. The summed E-state index contributed by atoms with van der Waals surface area (Å²) < 4.78 is 0. The third-order valence-corrected chi connectivity index (χ3v) is 4.31. The van der Waals surface area contributed by atoms with Crippen molar-refractivity contribution in [2.75, 3.05) is 7.05 Å². The minimum absolute atomic E-state index is 0.427. The number of aromatic nitrogens is 2. The molecule has 3 heteroatoms. The molecule has 0 amide bonds. The Morgan fingerprint density at radius 2 is 1.91 bits per heavy atom. The van der Waals surface area contributed by atoms with Crippen LogP contribution in [0.2, 0.25) is 0 Å². The molecule has 0 aliphatic rings. The van der Waals surface area contributed by atoms with Crippen LogP contribution in [0, 0.1) is 6.92 Å². The molecule has 1 unspecified atom stereocenters. The van der Waals surface area contributed by atoms with Crippen molar-refractivity contribution in [2.45, 2.75) is 32.9 Å². The molecule has 0 aliphatic heterocycles. The van der Waals surface area contributed by atoms with Gasteiger partial charge in [0.15, 0.2) is 0 Å². The molecule has 23 heavy (non-hydrogen) atoms. The lowest BCUT2D eigenvalue weighted by molar-refractivity contribution is 0.246. The molecule has 3 rings (SSSR count). The van der Waals surface area contributed by atoms with Gasteiger partial charge in [0.25, 0.3) is 0 Å². The van der Waals surface area contributed by atoms with Gasteiger partial charge in [-0.1, -0.05) is 18.2 Å². The van der Waals surface area contributed by atoms with Crippen LogP contribution in [-0.4, -0.2) is 28.0 Å². The Hall–Kier alpha value is -2.26. The van der Waals surface area contributed by atoms with Gasteiger partial charge in [-0.25, -0.2) is 0 Å². The fourth-order valence-electron chi connectivity index (χ4n) is 2.82. The van der Waals surface area contributed by atoms with Gasteiger partial charge in [-0.05, 0) is 56.3 Å². The number of hydrogen-bond donors (Lipinski definition) is 0. The first kappa shape index (κ1) is 15.6. The van der Waals surface area contributed by atoms with Gasteiger partial charge in [0.1, 0.15) is 0 Å². The topological polar surface area (TPSA) is 29.0 Å². The molecule has 0 fully saturated rings. The van der Waals surface area contributed by atoms with Gasteiger partial charge >= 0.3 is 0 Å². The molecular formula is C20H23N3. The normalized spacial score (nSPS) is 12.7. The second-order valence-electron chi connectivity index (χ2n) is 6.33. The van der Waals surface area contributed by atoms with Crippen LogP contribution in [0.1, 0.15) is 23.7 Å². The lowest BCUT2D eigenvalue weighted by atomic mass is 10.1. The Balaban J connectivity index is 1.68. The van der Waals surface area contributed by atoms with Crippen LogP contribution in [0.5, 0.6) is 0 Å². The van der Waals surface area contributed by atoms with Crippen molar-refractivity contribution in [2.24, 2.45) is 0 Å². The van der Waals surface area contributed by atoms with Gasteiger partial charge in [0.2, 0.25) is 0 Å². The van der Waals surface area contributed by atoms with Gasteiger partial charge in [-0.15, -0.1) is 0 Å². The third kappa shape index (κ3) is 3.93. The summed E-state index contributed by atoms with van der Waals surface area (Å²) in [7, 11) is 2.16. The third-order valence-electron chi connectivity index (χ3n) is 4.31. The van der Waals surface area contributed by atoms with E-state index in [-0.39, 0.29) is 0 Å². The molecule has 2 heterocycles. The van der Waals surface area contributed by atoms with Gasteiger partial charge < -0.3 is 0 Å². The number of likely N-dealkylation sites (N-methyl/N-ethyl adjacent to an activating group) is 1. The maximum absolute atomic E-state index is 4.55. The second-order valence-corrected chi connectivity index (χ2v) is 6.33. The van der Waals surface area contributed by atoms with E-state index in [4.69, 9.17) is 0 Å². The van der Waals surface area contributed by atoms with E-state index in [2.05, 4.69) is 66.1 Å². The van der Waals surface area contributed by atoms with E-state index in [1.54, 1.807) is 0 Å². The monoisotopic (exact) mass is 305 g/mol. The summed E-state index contributed by atoms with van der Waals surface area (Å²) in [6.07, 6.45) is 4.83. The number of fused-ring (bicyclic) bond motifs is 1. The van der Waals surface area contributed by atoms with Gasteiger partial charge in [0, 0.05) is 42.5 Å². The minimum atomic E-state index is 0.427. The summed E-state index contributed by atoms with van der Waals surface area (Å²) in [4.78, 5) is 11.4. The molecule has 0 aliphatic carbocycles. The summed E-state index contributed by atoms with van der Waals surface area (Å²) in [5.74, 6) is 0. The zero-order valence-corrected chi connectivity index (χ0v) is 14.0. The van der Waals surface area contributed by atoms with Crippen LogP contribution in [0.25, 0.3) is 10.9 Å². The highest BCUT2D eigenvalue weighted by Crippen LogP contribution is 2.15. The van der Waals surface area contributed by atoms with Crippen LogP contribution in [0.3, 0.4) is 0 Å². The summed E-state index contributed by atoms with van der Waals surface area (Å²) in [5.41, 5.74) is 4.72. The number of nitrogens with zero attached hydrogens (tertiary/aromatic N) is 3. The Bertz CT molecular complexity index is 798. The van der Waals surface area contributed by atoms with E-state index in [0.29, 0.717) is 6.04 Å². The molecule has 0 N–H and O–H groups in total. The van der Waals surface area contributed by atoms with E-state index in [1.165, 1.54) is 16.5 Å². The first-order valence-electron chi connectivity index (χ1n) is 8.07. The van der Waals surface area contributed by atoms with Crippen LogP contribution < -0.4 is 0 Å². The first-order valence-corrected chi connectivity index (χ1v) is 8.07. The predicted octanol–water partition coefficient (Wildman–Crippen LogP) is 4.00. The number of pyridine rings is 2. The molecule has 118 valence electrons. The highest BCUT2D eigenvalue weighted by atomic mass is 15.1. The Morgan fingerprint density at radius 3 is 2.74 bits per heavy atom. The zero-order valence-electron chi connectivity index (χ0n) is 14.0. The van der Waals surface area contributed by atoms with E-state index in [9.17, 15) is 0 Å². The van der Waals surface area contributed by atoms with Crippen molar-refractivity contribution in [1.29, 1.82) is 0 Å². The predicted molar refractivity (Wildman–Crippen MR) is 95.4 cm³/mol. The van der Waals surface area contributed by atoms with Crippen LogP contribution >= 0.6 is 0 Å². The van der Waals surface area contributed by atoms with Gasteiger partial charge in [0.05, 0.1) is 5.52 Å². The molecule has 0 spiro atoms. The van der Waals surface area contributed by atoms with Crippen LogP contribution in [0.4, 0.5) is 0 Å². The van der Waals surface area contributed by atoms with Crippen molar-refractivity contribution in [3.8, 4) is 0 Å². The molecule has 0 radical (unpaired) electrons. The summed E-state index contributed by atoms with van der Waals surface area (Å²) in [5, 5.41) is 1.20. The van der Waals surface area contributed by atoms with Crippen molar-refractivity contribution < 1.29 is 0 Å². The largest absolute Gasteiger partial charge is 0.299 e. The average molecular weight is 305 g/mol. The fourth-order valence-corrected chi connectivity index (χ4v) is 2.82. The van der Waals surface area contributed by atoms with Crippen molar-refractivity contribution >= 4 is 10.9 Å². The minimum Gasteiger partial charge on any atom is -0.299 e. The molecule has 0 saturated heterocycles. The van der Waals surface area contributed by atoms with Gasteiger partial charge in [-0.2, -0.15) is 0 Å². The van der Waals surface area contributed by atoms with E-state index >= 15 is 0 Å². The molecule has 2 aromatic heterocycles. The van der Waals surface area contributed by atoms with Crippen LogP contribution in [0.15, 0.2) is 54.9 Å². The molecular weight excluding hydrogens is 282 g/mol. The van der Waals surface area contributed by atoms with E-state index < -0.39 is 0 Å². The van der Waals surface area contributed by atoms with E-state index in [1.807, 2.05) is 24.5 Å². The smallest absolute Gasteiger partial charge is 0.0702 e. The van der Waals surface area contributed by atoms with Crippen LogP contribution in [-0.2, 0) is 13.0 Å². The van der Waals surface area contributed by atoms with Crippen molar-refractivity contribution in [3.63, 3.8) is 0 Å². The standard InChI is InChI=1S/C20H23N3/c1-15-8-9-21-19(10-15)11-16(2)23(3)14-17-12-18-6-4-5-7-20(18)22-13-17/h4-10,12-13,16H,11,14H2,1-3H3. The number of para-hydroxylation sites is 1. The quantitative estimate of drug-likeness (QED) is 0.713. The van der Waals surface area contributed by atoms with Gasteiger partial charge in [-0.3, -0.25) is 14.9 Å². The summed E-state index contributed by atoms with van der Waals surface area (Å²) >= 11 is 0. The molecule has 3 aromatic rings. The SMILES string of the molecule is Cc1ccnc(CC(C)N(C)Cc2cnc3ccccc3c2)c1. The summed E-state index contributed by atoms with van der Waals surface area (Å²) in [6.45, 7) is 5.25. The van der Waals surface area contributed by atoms with Crippen molar-refractivity contribution in [3.05, 3.63) is 71.7 Å². The average Bonchev–Trinajstić information content (AvgIpc) is 2.54. The maximum atomic E-state index is 4.55. The zero-order chi connectivity index (χ0) is 16.2. The summed E-state index contributed by atoms with van der Waals surface area (Å²) in [6, 6.07) is 15.1. The Morgan fingerprint density at radius 1 is 1.09 bits per heavy atom. The Labute approximate surface area is 138 Å². The number of hydrogen-bond acceptors (Lipinski definition) is 3. The maximum Gasteiger partial charge on any atom is 0.0702 e. The highest BCUT2D eigenvalue weighted by Gasteiger charge is 2.12.